The van der Waals surface area contributed by atoms with Crippen LogP contribution in [0.25, 0.3) is 0 Å². The smallest absolute Gasteiger partial charge is 0.333 e. The molecular formula is C14H22O3. The molecule has 0 saturated heterocycles. The molecule has 0 spiro atoms. The predicted molar refractivity (Wildman–Crippen MR) is 67.4 cm³/mol. The summed E-state index contributed by atoms with van der Waals surface area (Å²) in [5.74, 6) is -0.00271. The van der Waals surface area contributed by atoms with Gasteiger partial charge in [-0.25, -0.2) is 4.79 Å². The SMILES string of the molecule is C=C[C@]1(CCCO)C=C(C(=O)OC)[C@H](C)CC1. The van der Waals surface area contributed by atoms with Gasteiger partial charge in [-0.2, -0.15) is 0 Å². The number of carbonyl (C=O) groups is 1. The standard InChI is InChI=1S/C14H22O3/c1-4-14(7-5-9-15)8-6-11(2)12(10-14)13(16)17-3/h4,10-11,15H,1,5-9H2,2-3H3/t11-,14-/m1/s1. The first-order chi connectivity index (χ1) is 8.08. The molecule has 1 aliphatic carbocycles. The summed E-state index contributed by atoms with van der Waals surface area (Å²) in [6.45, 7) is 6.09. The second-order valence-electron chi connectivity index (χ2n) is 4.80. The van der Waals surface area contributed by atoms with Crippen molar-refractivity contribution >= 4 is 5.97 Å². The molecule has 0 aromatic heterocycles. The van der Waals surface area contributed by atoms with Crippen LogP contribution in [-0.4, -0.2) is 24.8 Å². The Morgan fingerprint density at radius 1 is 1.76 bits per heavy atom. The van der Waals surface area contributed by atoms with Gasteiger partial charge in [-0.3, -0.25) is 0 Å². The zero-order valence-electron chi connectivity index (χ0n) is 10.7. The molecule has 1 rings (SSSR count). The van der Waals surface area contributed by atoms with Gasteiger partial charge >= 0.3 is 5.97 Å². The van der Waals surface area contributed by atoms with E-state index in [9.17, 15) is 4.79 Å². The van der Waals surface area contributed by atoms with E-state index in [1.165, 1.54) is 7.11 Å². The maximum absolute atomic E-state index is 11.7. The minimum atomic E-state index is -0.243. The first kappa shape index (κ1) is 14.0. The molecule has 0 fully saturated rings. The third-order valence-electron chi connectivity index (χ3n) is 3.64. The molecule has 0 aliphatic heterocycles. The summed E-state index contributed by atoms with van der Waals surface area (Å²) in [4.78, 5) is 11.7. The first-order valence-corrected chi connectivity index (χ1v) is 6.14. The lowest BCUT2D eigenvalue weighted by molar-refractivity contribution is -0.136. The molecule has 0 amide bonds. The highest BCUT2D eigenvalue weighted by atomic mass is 16.5. The van der Waals surface area contributed by atoms with Crippen LogP contribution in [0, 0.1) is 11.3 Å². The van der Waals surface area contributed by atoms with Crippen LogP contribution in [0.15, 0.2) is 24.3 Å². The van der Waals surface area contributed by atoms with Crippen LogP contribution < -0.4 is 0 Å². The topological polar surface area (TPSA) is 46.5 Å². The summed E-state index contributed by atoms with van der Waals surface area (Å²) in [6.07, 6.45) is 7.40. The van der Waals surface area contributed by atoms with Gasteiger partial charge in [0.1, 0.15) is 0 Å². The summed E-state index contributed by atoms with van der Waals surface area (Å²) >= 11 is 0. The van der Waals surface area contributed by atoms with Gasteiger partial charge < -0.3 is 9.84 Å². The fourth-order valence-electron chi connectivity index (χ4n) is 2.41. The van der Waals surface area contributed by atoms with Crippen LogP contribution in [0.2, 0.25) is 0 Å². The number of hydrogen-bond donors (Lipinski definition) is 1. The summed E-state index contributed by atoms with van der Waals surface area (Å²) in [5, 5.41) is 8.93. The molecular weight excluding hydrogens is 216 g/mol. The lowest BCUT2D eigenvalue weighted by atomic mass is 9.70. The Hall–Kier alpha value is -1.09. The largest absolute Gasteiger partial charge is 0.466 e. The number of methoxy groups -OCH3 is 1. The van der Waals surface area contributed by atoms with Gasteiger partial charge in [0.15, 0.2) is 0 Å². The first-order valence-electron chi connectivity index (χ1n) is 6.14. The van der Waals surface area contributed by atoms with E-state index >= 15 is 0 Å². The number of carbonyl (C=O) groups excluding carboxylic acids is 1. The predicted octanol–water partition coefficient (Wildman–Crippen LogP) is 2.46. The quantitative estimate of drug-likeness (QED) is 0.591. The maximum Gasteiger partial charge on any atom is 0.333 e. The molecule has 3 heteroatoms. The van der Waals surface area contributed by atoms with E-state index in [-0.39, 0.29) is 23.9 Å². The zero-order valence-corrected chi connectivity index (χ0v) is 10.7. The fraction of sp³-hybridized carbons (Fsp3) is 0.643. The van der Waals surface area contributed by atoms with E-state index in [2.05, 4.69) is 6.58 Å². The van der Waals surface area contributed by atoms with E-state index in [0.717, 1.165) is 31.3 Å². The Bertz CT molecular complexity index is 319. The fourth-order valence-corrected chi connectivity index (χ4v) is 2.41. The summed E-state index contributed by atoms with van der Waals surface area (Å²) in [7, 11) is 1.41. The number of ether oxygens (including phenoxy) is 1. The van der Waals surface area contributed by atoms with E-state index in [1.54, 1.807) is 0 Å². The van der Waals surface area contributed by atoms with E-state index < -0.39 is 0 Å². The van der Waals surface area contributed by atoms with Crippen molar-refractivity contribution in [3.05, 3.63) is 24.3 Å². The number of hydrogen-bond acceptors (Lipinski definition) is 3. The third-order valence-corrected chi connectivity index (χ3v) is 3.64. The average molecular weight is 238 g/mol. The average Bonchev–Trinajstić information content (AvgIpc) is 2.37. The summed E-state index contributed by atoms with van der Waals surface area (Å²) in [5.41, 5.74) is 0.593. The lowest BCUT2D eigenvalue weighted by Crippen LogP contribution is -2.26. The Morgan fingerprint density at radius 2 is 2.47 bits per heavy atom. The van der Waals surface area contributed by atoms with Crippen molar-refractivity contribution in [2.24, 2.45) is 11.3 Å². The van der Waals surface area contributed by atoms with E-state index in [0.29, 0.717) is 0 Å². The van der Waals surface area contributed by atoms with Crippen molar-refractivity contribution in [1.29, 1.82) is 0 Å². The van der Waals surface area contributed by atoms with Gasteiger partial charge in [-0.05, 0) is 31.6 Å². The van der Waals surface area contributed by atoms with Crippen molar-refractivity contribution in [2.75, 3.05) is 13.7 Å². The van der Waals surface area contributed by atoms with Gasteiger partial charge in [0.2, 0.25) is 0 Å². The van der Waals surface area contributed by atoms with Crippen molar-refractivity contribution in [3.8, 4) is 0 Å². The highest BCUT2D eigenvalue weighted by Crippen LogP contribution is 2.41. The molecule has 0 bridgehead atoms. The Labute approximate surface area is 103 Å². The molecule has 0 heterocycles. The number of aliphatic hydroxyl groups is 1. The molecule has 0 saturated carbocycles. The van der Waals surface area contributed by atoms with Crippen LogP contribution in [0.3, 0.4) is 0 Å². The molecule has 0 aromatic rings. The molecule has 1 N–H and O–H groups in total. The van der Waals surface area contributed by atoms with Crippen molar-refractivity contribution < 1.29 is 14.6 Å². The van der Waals surface area contributed by atoms with Gasteiger partial charge in [0, 0.05) is 17.6 Å². The van der Waals surface area contributed by atoms with Gasteiger partial charge in [0.25, 0.3) is 0 Å². The molecule has 17 heavy (non-hydrogen) atoms. The second kappa shape index (κ2) is 6.01. The van der Waals surface area contributed by atoms with Crippen LogP contribution >= 0.6 is 0 Å². The van der Waals surface area contributed by atoms with Gasteiger partial charge in [-0.15, -0.1) is 6.58 Å². The summed E-state index contributed by atoms with van der Waals surface area (Å²) < 4.78 is 4.81. The molecule has 0 radical (unpaired) electrons. The van der Waals surface area contributed by atoms with Gasteiger partial charge in [-0.1, -0.05) is 19.1 Å². The van der Waals surface area contributed by atoms with E-state index in [1.807, 2.05) is 19.1 Å². The van der Waals surface area contributed by atoms with Crippen molar-refractivity contribution in [3.63, 3.8) is 0 Å². The van der Waals surface area contributed by atoms with Crippen molar-refractivity contribution in [2.45, 2.75) is 32.6 Å². The molecule has 0 unspecified atom stereocenters. The van der Waals surface area contributed by atoms with Crippen LogP contribution in [0.1, 0.15) is 32.6 Å². The van der Waals surface area contributed by atoms with E-state index in [4.69, 9.17) is 9.84 Å². The molecule has 96 valence electrons. The van der Waals surface area contributed by atoms with Crippen molar-refractivity contribution in [1.82, 2.24) is 0 Å². The Balaban J connectivity index is 2.96. The van der Waals surface area contributed by atoms with Crippen LogP contribution in [0.4, 0.5) is 0 Å². The monoisotopic (exact) mass is 238 g/mol. The normalized spacial score (nSPS) is 28.4. The minimum Gasteiger partial charge on any atom is -0.466 e. The molecule has 0 aromatic carbocycles. The second-order valence-corrected chi connectivity index (χ2v) is 4.80. The Morgan fingerprint density at radius 3 is 3.00 bits per heavy atom. The Kier molecular flexibility index (Phi) is 4.94. The molecule has 3 nitrogen and oxygen atoms in total. The summed E-state index contributed by atoms with van der Waals surface area (Å²) in [6, 6.07) is 0. The highest BCUT2D eigenvalue weighted by Gasteiger charge is 2.33. The van der Waals surface area contributed by atoms with Crippen LogP contribution in [0.5, 0.6) is 0 Å². The molecule has 1 aliphatic rings. The zero-order chi connectivity index (χ0) is 12.9. The lowest BCUT2D eigenvalue weighted by Gasteiger charge is -2.34. The van der Waals surface area contributed by atoms with Crippen LogP contribution in [-0.2, 0) is 9.53 Å². The highest BCUT2D eigenvalue weighted by molar-refractivity contribution is 5.89. The number of aliphatic hydroxyl groups excluding tert-OH is 1. The molecule has 2 atom stereocenters. The maximum atomic E-state index is 11.7. The number of rotatable bonds is 5. The third kappa shape index (κ3) is 3.19. The number of esters is 1. The number of allylic oxidation sites excluding steroid dienone is 2. The van der Waals surface area contributed by atoms with Gasteiger partial charge in [0.05, 0.1) is 7.11 Å². The minimum absolute atomic E-state index is 0.154.